The lowest BCUT2D eigenvalue weighted by molar-refractivity contribution is -0.116. The third-order valence-corrected chi connectivity index (χ3v) is 6.95. The van der Waals surface area contributed by atoms with Gasteiger partial charge in [0.15, 0.2) is 28.8 Å². The van der Waals surface area contributed by atoms with Crippen molar-refractivity contribution in [1.82, 2.24) is 5.16 Å². The summed E-state index contributed by atoms with van der Waals surface area (Å²) in [6, 6.07) is 8.92. The van der Waals surface area contributed by atoms with Gasteiger partial charge in [0.25, 0.3) is 0 Å². The molecule has 1 aliphatic heterocycles. The van der Waals surface area contributed by atoms with Gasteiger partial charge < -0.3 is 33.9 Å². The minimum atomic E-state index is -0.418. The van der Waals surface area contributed by atoms with Gasteiger partial charge in [0.05, 0.1) is 39.7 Å². The molecule has 1 aromatic heterocycles. The van der Waals surface area contributed by atoms with Gasteiger partial charge in [-0.15, -0.1) is 0 Å². The summed E-state index contributed by atoms with van der Waals surface area (Å²) < 4.78 is 27.6. The highest BCUT2D eigenvalue weighted by Crippen LogP contribution is 2.51. The number of rotatable bonds is 6. The number of aromatic nitrogens is 1. The van der Waals surface area contributed by atoms with Crippen molar-refractivity contribution >= 4 is 11.7 Å². The summed E-state index contributed by atoms with van der Waals surface area (Å²) in [4.78, 5) is 13.8. The lowest BCUT2D eigenvalue weighted by Crippen LogP contribution is -2.29. The first-order valence-corrected chi connectivity index (χ1v) is 11.6. The van der Waals surface area contributed by atoms with Crippen LogP contribution in [0.25, 0.3) is 0 Å². The van der Waals surface area contributed by atoms with E-state index in [1.807, 2.05) is 25.1 Å². The Labute approximate surface area is 208 Å². The zero-order chi connectivity index (χ0) is 25.6. The van der Waals surface area contributed by atoms with E-state index in [1.54, 1.807) is 33.5 Å². The summed E-state index contributed by atoms with van der Waals surface area (Å²) in [5.74, 6) is 1.94. The zero-order valence-electron chi connectivity index (χ0n) is 20.8. The molecule has 2 aromatic carbocycles. The topological polar surface area (TPSA) is 112 Å². The number of phenols is 1. The number of anilines is 1. The highest BCUT2D eigenvalue weighted by molar-refractivity contribution is 6.01. The van der Waals surface area contributed by atoms with E-state index in [-0.39, 0.29) is 17.5 Å². The molecule has 5 rings (SSSR count). The monoisotopic (exact) mass is 492 g/mol. The summed E-state index contributed by atoms with van der Waals surface area (Å²) in [7, 11) is 6.18. The van der Waals surface area contributed by atoms with Gasteiger partial charge in [0, 0.05) is 23.6 Å². The zero-order valence-corrected chi connectivity index (χ0v) is 20.8. The molecule has 0 unspecified atom stereocenters. The number of methoxy groups -OCH3 is 4. The minimum absolute atomic E-state index is 0.0193. The summed E-state index contributed by atoms with van der Waals surface area (Å²) >= 11 is 0. The van der Waals surface area contributed by atoms with Crippen LogP contribution < -0.4 is 24.3 Å². The molecular weight excluding hydrogens is 464 g/mol. The van der Waals surface area contributed by atoms with Gasteiger partial charge in [-0.25, -0.2) is 0 Å². The lowest BCUT2D eigenvalue weighted by Gasteiger charge is -2.34. The van der Waals surface area contributed by atoms with Gasteiger partial charge >= 0.3 is 0 Å². The SMILES string of the molecule is COc1cc([C@@H]2CC(=O)C3=C(C2)Nc2onc(C)c2[C@H]3c2cc(OC)c(OC)c(OC)c2)ccc1O. The number of nitrogens with one attached hydrogen (secondary N) is 1. The molecule has 36 heavy (non-hydrogen) atoms. The predicted octanol–water partition coefficient (Wildman–Crippen LogP) is 4.68. The fourth-order valence-electron chi connectivity index (χ4n) is 5.26. The Morgan fingerprint density at radius 3 is 2.25 bits per heavy atom. The molecule has 9 heteroatoms. The van der Waals surface area contributed by atoms with Crippen molar-refractivity contribution in [2.24, 2.45) is 0 Å². The smallest absolute Gasteiger partial charge is 0.233 e. The number of allylic oxidation sites excluding steroid dienone is 2. The van der Waals surface area contributed by atoms with E-state index < -0.39 is 5.92 Å². The Morgan fingerprint density at radius 2 is 1.61 bits per heavy atom. The van der Waals surface area contributed by atoms with Crippen LogP contribution in [0.3, 0.4) is 0 Å². The Hall–Kier alpha value is -4.14. The standard InChI is InChI=1S/C27H28N2O7/c1-13-23-24(16-11-21(33-3)26(35-5)22(12-16)34-4)25-17(28-27(23)36-29-13)8-15(9-19(25)31)14-6-7-18(30)20(10-14)32-2/h6-7,10-12,15,24,28,30H,8-9H2,1-5H3/t15-,24+/m0/s1. The fourth-order valence-corrected chi connectivity index (χ4v) is 5.26. The highest BCUT2D eigenvalue weighted by atomic mass is 16.5. The van der Waals surface area contributed by atoms with E-state index in [1.165, 1.54) is 7.11 Å². The second-order valence-electron chi connectivity index (χ2n) is 8.88. The molecule has 9 nitrogen and oxygen atoms in total. The van der Waals surface area contributed by atoms with Crippen LogP contribution in [0.1, 0.15) is 47.1 Å². The quantitative estimate of drug-likeness (QED) is 0.506. The number of fused-ring (bicyclic) bond motifs is 1. The van der Waals surface area contributed by atoms with Crippen molar-refractivity contribution in [2.75, 3.05) is 33.8 Å². The number of ether oxygens (including phenoxy) is 4. The molecule has 0 saturated carbocycles. The first-order chi connectivity index (χ1) is 17.4. The fraction of sp³-hybridized carbons (Fsp3) is 0.333. The number of hydrogen-bond donors (Lipinski definition) is 2. The van der Waals surface area contributed by atoms with Crippen molar-refractivity contribution in [3.8, 4) is 28.7 Å². The second kappa shape index (κ2) is 9.14. The average molecular weight is 493 g/mol. The number of carbonyl (C=O) groups is 1. The molecule has 3 aromatic rings. The van der Waals surface area contributed by atoms with E-state index in [9.17, 15) is 9.90 Å². The van der Waals surface area contributed by atoms with Gasteiger partial charge in [-0.1, -0.05) is 11.2 Å². The molecule has 0 spiro atoms. The molecule has 2 atom stereocenters. The maximum absolute atomic E-state index is 13.8. The van der Waals surface area contributed by atoms with Gasteiger partial charge in [-0.3, -0.25) is 4.79 Å². The van der Waals surface area contributed by atoms with E-state index in [0.717, 1.165) is 22.4 Å². The van der Waals surface area contributed by atoms with Crippen LogP contribution in [0.2, 0.25) is 0 Å². The van der Waals surface area contributed by atoms with Crippen LogP contribution in [0.5, 0.6) is 28.7 Å². The normalized spacial score (nSPS) is 18.8. The number of benzene rings is 2. The Morgan fingerprint density at radius 1 is 0.944 bits per heavy atom. The molecule has 2 N–H and O–H groups in total. The van der Waals surface area contributed by atoms with Crippen LogP contribution in [0, 0.1) is 6.92 Å². The molecule has 1 aliphatic carbocycles. The van der Waals surface area contributed by atoms with Crippen molar-refractivity contribution in [1.29, 1.82) is 0 Å². The largest absolute Gasteiger partial charge is 0.504 e. The number of nitrogens with zero attached hydrogens (tertiary/aromatic N) is 1. The number of carbonyl (C=O) groups excluding carboxylic acids is 1. The number of phenolic OH excluding ortho intramolecular Hbond substituents is 1. The highest BCUT2D eigenvalue weighted by Gasteiger charge is 2.41. The number of ketones is 1. The van der Waals surface area contributed by atoms with Crippen LogP contribution in [-0.4, -0.2) is 44.5 Å². The summed E-state index contributed by atoms with van der Waals surface area (Å²) in [5.41, 5.74) is 4.68. The van der Waals surface area contributed by atoms with Crippen molar-refractivity contribution < 1.29 is 33.4 Å². The lowest BCUT2D eigenvalue weighted by atomic mass is 9.72. The predicted molar refractivity (Wildman–Crippen MR) is 131 cm³/mol. The maximum Gasteiger partial charge on any atom is 0.233 e. The molecule has 0 saturated heterocycles. The summed E-state index contributed by atoms with van der Waals surface area (Å²) in [6.07, 6.45) is 0.893. The molecular formula is C27H28N2O7. The summed E-state index contributed by atoms with van der Waals surface area (Å²) in [5, 5.41) is 17.5. The third-order valence-electron chi connectivity index (χ3n) is 6.95. The summed E-state index contributed by atoms with van der Waals surface area (Å²) in [6.45, 7) is 1.86. The van der Waals surface area contributed by atoms with Gasteiger partial charge in [0.2, 0.25) is 11.6 Å². The van der Waals surface area contributed by atoms with Crippen molar-refractivity contribution in [3.63, 3.8) is 0 Å². The van der Waals surface area contributed by atoms with Crippen LogP contribution in [0.15, 0.2) is 46.1 Å². The molecule has 0 amide bonds. The number of hydrogen-bond acceptors (Lipinski definition) is 9. The minimum Gasteiger partial charge on any atom is -0.504 e. The van der Waals surface area contributed by atoms with Gasteiger partial charge in [-0.05, 0) is 54.7 Å². The van der Waals surface area contributed by atoms with Crippen molar-refractivity contribution in [3.05, 3.63) is 64.0 Å². The van der Waals surface area contributed by atoms with Crippen molar-refractivity contribution in [2.45, 2.75) is 31.6 Å². The first kappa shape index (κ1) is 23.6. The average Bonchev–Trinajstić information content (AvgIpc) is 3.26. The Balaban J connectivity index is 1.64. The first-order valence-electron chi connectivity index (χ1n) is 11.6. The van der Waals surface area contributed by atoms with Gasteiger partial charge in [-0.2, -0.15) is 0 Å². The van der Waals surface area contributed by atoms with E-state index in [0.29, 0.717) is 53.0 Å². The molecule has 0 fully saturated rings. The van der Waals surface area contributed by atoms with Crippen LogP contribution >= 0.6 is 0 Å². The maximum atomic E-state index is 13.8. The molecule has 188 valence electrons. The van der Waals surface area contributed by atoms with E-state index in [4.69, 9.17) is 23.5 Å². The number of aryl methyl sites for hydroxylation is 1. The number of aromatic hydroxyl groups is 1. The second-order valence-corrected chi connectivity index (χ2v) is 8.88. The molecule has 2 aliphatic rings. The Bertz CT molecular complexity index is 1350. The van der Waals surface area contributed by atoms with Crippen LogP contribution in [0.4, 0.5) is 5.88 Å². The van der Waals surface area contributed by atoms with Crippen LogP contribution in [-0.2, 0) is 4.79 Å². The Kier molecular flexibility index (Phi) is 5.99. The van der Waals surface area contributed by atoms with E-state index in [2.05, 4.69) is 10.5 Å². The van der Waals surface area contributed by atoms with E-state index >= 15 is 0 Å². The molecule has 0 radical (unpaired) electrons. The molecule has 0 bridgehead atoms. The third kappa shape index (κ3) is 3.71. The number of Topliss-reactive ketones (excluding diaryl/α,β-unsaturated/α-hetero) is 1. The molecule has 2 heterocycles. The van der Waals surface area contributed by atoms with Gasteiger partial charge in [0.1, 0.15) is 0 Å².